The fraction of sp³-hybridized carbons (Fsp3) is 0.612. The number of benzene rings is 2. The number of fused-ring (bicyclic) bond motifs is 1. The summed E-state index contributed by atoms with van der Waals surface area (Å²) >= 11 is 0. The number of rotatable bonds is 3. The summed E-state index contributed by atoms with van der Waals surface area (Å²) < 4.78 is 24.1. The zero-order valence-corrected chi connectivity index (χ0v) is 38.8. The molecule has 11 atom stereocenters. The smallest absolute Gasteiger partial charge is 0.312 e. The number of ketones is 1. The molecule has 7 rings (SSSR count). The van der Waals surface area contributed by atoms with Gasteiger partial charge in [0.25, 0.3) is 11.7 Å². The van der Waals surface area contributed by atoms with Crippen LogP contribution in [0.15, 0.2) is 46.1 Å². The number of amides is 1. The number of allylic oxidation sites excluding steroid dienone is 2. The maximum Gasteiger partial charge on any atom is 0.312 e. The molecule has 0 radical (unpaired) electrons. The SMILES string of the molecule is CO[C@H]1/C=C/O[C@@]2(C)Oc3c(C)c(O)c4c(O)c(c5c(c4c3C2=O)=NC2(CCN(C3CCCC(C)C3)CC2)N=5)NC(=O)/C(C)=C\C=C\[C@H](C)[C@H](O)[C@@H](C)[C@@H](O)[C@@H](C)[C@H](OC(C)=O)[C@@H]1C. The Morgan fingerprint density at radius 1 is 0.922 bits per heavy atom. The average molecular weight is 887 g/mol. The molecule has 1 spiro atoms. The standard InChI is InChI=1S/C49H66N4O11/c1-24-13-11-16-32(23-24)53-20-18-49(19-21-53)51-37-34-35-42(57)30(7)45-36(34)46(59)48(9,64-45)62-22-17-33(61-10)27(4)44(63-31(8)54)29(6)41(56)28(5)40(55)25(2)14-12-15-26(3)47(60)50-39(43(35)58)38(37)52-49/h12,14-15,17,22,24-25,27-29,32-33,40-41,44,55-58H,11,13,16,18-21,23H2,1-10H3,(H,50,60)/b14-12+,22-17+,26-15-/t24?,25-,27+,28+,29+,32?,33-,40-,41+,44+,48-/m0/s1. The van der Waals surface area contributed by atoms with E-state index in [1.165, 1.54) is 40.1 Å². The molecular weight excluding hydrogens is 821 g/mol. The average Bonchev–Trinajstić information content (AvgIpc) is 3.76. The van der Waals surface area contributed by atoms with Gasteiger partial charge in [-0.15, -0.1) is 0 Å². The normalized spacial score (nSPS) is 35.3. The lowest BCUT2D eigenvalue weighted by Crippen LogP contribution is -2.48. The molecule has 2 fully saturated rings. The number of Topliss-reactive ketones (excluding diaryl/α,β-unsaturated/α-hetero) is 1. The van der Waals surface area contributed by atoms with Crippen LogP contribution in [0.1, 0.15) is 110 Å². The number of carbonyl (C=O) groups excluding carboxylic acids is 3. The molecule has 0 aromatic heterocycles. The third-order valence-electron chi connectivity index (χ3n) is 14.6. The van der Waals surface area contributed by atoms with Crippen molar-refractivity contribution < 1.29 is 53.8 Å². The second-order valence-corrected chi connectivity index (χ2v) is 19.2. The van der Waals surface area contributed by atoms with Crippen LogP contribution in [0.2, 0.25) is 0 Å². The summed E-state index contributed by atoms with van der Waals surface area (Å²) in [4.78, 5) is 54.2. The van der Waals surface area contributed by atoms with Crippen molar-refractivity contribution in [3.05, 3.63) is 58.0 Å². The number of aliphatic hydroxyl groups is 2. The zero-order chi connectivity index (χ0) is 46.6. The minimum Gasteiger partial charge on any atom is -0.507 e. The molecule has 1 saturated carbocycles. The number of likely N-dealkylation sites (tertiary alicyclic amines) is 1. The summed E-state index contributed by atoms with van der Waals surface area (Å²) in [6, 6.07) is 0.480. The van der Waals surface area contributed by atoms with Crippen molar-refractivity contribution in [2.75, 3.05) is 25.5 Å². The number of piperidine rings is 1. The second kappa shape index (κ2) is 18.2. The molecule has 4 heterocycles. The zero-order valence-electron chi connectivity index (χ0n) is 38.8. The molecule has 4 aliphatic heterocycles. The highest BCUT2D eigenvalue weighted by atomic mass is 16.7. The molecule has 2 aromatic carbocycles. The Labute approximate surface area is 374 Å². The van der Waals surface area contributed by atoms with E-state index in [0.29, 0.717) is 24.8 Å². The van der Waals surface area contributed by atoms with Gasteiger partial charge in [-0.25, -0.2) is 0 Å². The molecule has 15 nitrogen and oxygen atoms in total. The highest BCUT2D eigenvalue weighted by Crippen LogP contribution is 2.50. The van der Waals surface area contributed by atoms with Gasteiger partial charge in [-0.1, -0.05) is 65.7 Å². The number of nitrogens with one attached hydrogen (secondary N) is 1. The number of ether oxygens (including phenoxy) is 4. The topological polar surface area (TPSA) is 209 Å². The van der Waals surface area contributed by atoms with E-state index < -0.39 is 82.9 Å². The summed E-state index contributed by atoms with van der Waals surface area (Å²) in [5, 5.41) is 50.5. The van der Waals surface area contributed by atoms with Crippen molar-refractivity contribution in [3.63, 3.8) is 0 Å². The number of nitrogens with zero attached hydrogens (tertiary/aromatic N) is 3. The minimum absolute atomic E-state index is 0.0432. The van der Waals surface area contributed by atoms with Gasteiger partial charge in [0.15, 0.2) is 11.4 Å². The largest absolute Gasteiger partial charge is 0.507 e. The third kappa shape index (κ3) is 8.56. The summed E-state index contributed by atoms with van der Waals surface area (Å²) in [5.41, 5.74) is -0.531. The van der Waals surface area contributed by atoms with Gasteiger partial charge in [0, 0.05) is 93.1 Å². The number of phenolic OH excluding ortho intramolecular Hbond substituents is 2. The fourth-order valence-electron chi connectivity index (χ4n) is 10.6. The monoisotopic (exact) mass is 886 g/mol. The fourth-order valence-corrected chi connectivity index (χ4v) is 10.6. The molecule has 64 heavy (non-hydrogen) atoms. The number of carbonyl (C=O) groups is 3. The Balaban J connectivity index is 1.37. The molecule has 5 aliphatic rings. The van der Waals surface area contributed by atoms with Gasteiger partial charge in [0.05, 0.1) is 40.9 Å². The number of hydrogen-bond acceptors (Lipinski definition) is 14. The summed E-state index contributed by atoms with van der Waals surface area (Å²) in [5.74, 6) is -6.19. The quantitative estimate of drug-likeness (QED) is 0.187. The van der Waals surface area contributed by atoms with Crippen LogP contribution >= 0.6 is 0 Å². The molecule has 15 heteroatoms. The van der Waals surface area contributed by atoms with Gasteiger partial charge >= 0.3 is 11.8 Å². The van der Waals surface area contributed by atoms with E-state index in [4.69, 9.17) is 28.9 Å². The molecule has 1 amide bonds. The van der Waals surface area contributed by atoms with Crippen molar-refractivity contribution >= 4 is 34.1 Å². The number of hydrogen-bond donors (Lipinski definition) is 5. The van der Waals surface area contributed by atoms with Crippen LogP contribution in [-0.4, -0.2) is 105 Å². The van der Waals surface area contributed by atoms with Crippen LogP contribution in [0.5, 0.6) is 17.2 Å². The van der Waals surface area contributed by atoms with Gasteiger partial charge in [0.1, 0.15) is 28.6 Å². The maximum atomic E-state index is 14.8. The molecule has 1 aliphatic carbocycles. The van der Waals surface area contributed by atoms with Crippen molar-refractivity contribution in [2.45, 2.75) is 143 Å². The van der Waals surface area contributed by atoms with Crippen molar-refractivity contribution in [2.24, 2.45) is 39.6 Å². The Morgan fingerprint density at radius 2 is 1.61 bits per heavy atom. The molecule has 348 valence electrons. The Bertz CT molecular complexity index is 2400. The van der Waals surface area contributed by atoms with Gasteiger partial charge in [-0.2, -0.15) is 0 Å². The van der Waals surface area contributed by atoms with Crippen LogP contribution in [0, 0.1) is 36.5 Å². The maximum absolute atomic E-state index is 14.8. The van der Waals surface area contributed by atoms with Crippen LogP contribution in [0.4, 0.5) is 5.69 Å². The molecule has 2 unspecified atom stereocenters. The predicted molar refractivity (Wildman–Crippen MR) is 239 cm³/mol. The molecule has 2 aromatic rings. The van der Waals surface area contributed by atoms with E-state index in [9.17, 15) is 34.8 Å². The van der Waals surface area contributed by atoms with E-state index in [0.717, 1.165) is 25.9 Å². The molecule has 5 N–H and O–H groups in total. The summed E-state index contributed by atoms with van der Waals surface area (Å²) in [7, 11) is 1.47. The van der Waals surface area contributed by atoms with Crippen molar-refractivity contribution in [1.29, 1.82) is 0 Å². The predicted octanol–water partition coefficient (Wildman–Crippen LogP) is 5.67. The van der Waals surface area contributed by atoms with Gasteiger partial charge in [-0.3, -0.25) is 24.4 Å². The number of methoxy groups -OCH3 is 1. The molecular formula is C49H66N4O11. The number of aliphatic hydroxyl groups excluding tert-OH is 2. The van der Waals surface area contributed by atoms with Crippen molar-refractivity contribution in [3.8, 4) is 17.2 Å². The highest BCUT2D eigenvalue weighted by Gasteiger charge is 2.50. The number of aromatic hydroxyl groups is 2. The van der Waals surface area contributed by atoms with Crippen LogP contribution in [-0.2, 0) is 23.8 Å². The number of anilines is 1. The van der Waals surface area contributed by atoms with E-state index >= 15 is 0 Å². The second-order valence-electron chi connectivity index (χ2n) is 19.2. The Kier molecular flexibility index (Phi) is 13.4. The highest BCUT2D eigenvalue weighted by molar-refractivity contribution is 6.19. The first-order valence-corrected chi connectivity index (χ1v) is 22.8. The lowest BCUT2D eigenvalue weighted by molar-refractivity contribution is -0.160. The Hall–Kier alpha value is -4.83. The lowest BCUT2D eigenvalue weighted by atomic mass is 9.78. The number of phenols is 2. The van der Waals surface area contributed by atoms with Crippen LogP contribution < -0.4 is 20.8 Å². The third-order valence-corrected chi connectivity index (χ3v) is 14.6. The van der Waals surface area contributed by atoms with Gasteiger partial charge < -0.3 is 49.6 Å². The van der Waals surface area contributed by atoms with E-state index in [1.54, 1.807) is 65.8 Å². The van der Waals surface area contributed by atoms with Gasteiger partial charge in [-0.05, 0) is 38.7 Å². The summed E-state index contributed by atoms with van der Waals surface area (Å²) in [6.45, 7) is 16.7. The van der Waals surface area contributed by atoms with Gasteiger partial charge in [0.2, 0.25) is 0 Å². The lowest BCUT2D eigenvalue weighted by Gasteiger charge is -2.42. The molecule has 4 bridgehead atoms. The Morgan fingerprint density at radius 3 is 2.27 bits per heavy atom. The first kappa shape index (κ1) is 47.1. The first-order valence-electron chi connectivity index (χ1n) is 22.8. The van der Waals surface area contributed by atoms with Crippen LogP contribution in [0.25, 0.3) is 10.8 Å². The number of esters is 1. The van der Waals surface area contributed by atoms with Crippen LogP contribution in [0.3, 0.4) is 0 Å². The minimum atomic E-state index is -1.96. The van der Waals surface area contributed by atoms with E-state index in [-0.39, 0.29) is 55.4 Å². The summed E-state index contributed by atoms with van der Waals surface area (Å²) in [6.07, 6.45) is 9.86. The van der Waals surface area contributed by atoms with E-state index in [1.807, 2.05) is 0 Å². The first-order chi connectivity index (χ1) is 30.2. The molecule has 1 saturated heterocycles. The van der Waals surface area contributed by atoms with E-state index in [2.05, 4.69) is 17.1 Å². The van der Waals surface area contributed by atoms with Crippen molar-refractivity contribution in [1.82, 2.24) is 4.90 Å².